The molecule has 5 nitrogen and oxygen atoms in total. The Balaban J connectivity index is 1.60. The van der Waals surface area contributed by atoms with E-state index in [0.717, 1.165) is 6.54 Å². The average molecular weight is 326 g/mol. The third-order valence-corrected chi connectivity index (χ3v) is 4.23. The molecule has 1 heterocycles. The van der Waals surface area contributed by atoms with E-state index in [1.165, 1.54) is 11.1 Å². The second-order valence-corrected chi connectivity index (χ2v) is 6.13. The number of ether oxygens (including phenoxy) is 2. The quantitative estimate of drug-likeness (QED) is 0.917. The van der Waals surface area contributed by atoms with Gasteiger partial charge in [0.1, 0.15) is 0 Å². The predicted molar refractivity (Wildman–Crippen MR) is 93.3 cm³/mol. The average Bonchev–Trinajstić information content (AvgIpc) is 3.03. The Bertz CT molecular complexity index is 728. The van der Waals surface area contributed by atoms with Crippen molar-refractivity contribution in [3.8, 4) is 11.5 Å². The molecular formula is C19H22N2O3. The Morgan fingerprint density at radius 1 is 1.17 bits per heavy atom. The molecule has 0 bridgehead atoms. The summed E-state index contributed by atoms with van der Waals surface area (Å²) in [4.78, 5) is 14.5. The minimum absolute atomic E-state index is 0.0523. The van der Waals surface area contributed by atoms with Gasteiger partial charge in [-0.15, -0.1) is 0 Å². The molecule has 24 heavy (non-hydrogen) atoms. The fourth-order valence-electron chi connectivity index (χ4n) is 2.54. The topological polar surface area (TPSA) is 50.8 Å². The number of likely N-dealkylation sites (N-methyl/N-ethyl adjacent to an activating group) is 1. The molecule has 0 saturated carbocycles. The highest BCUT2D eigenvalue weighted by Crippen LogP contribution is 2.34. The van der Waals surface area contributed by atoms with E-state index in [1.807, 2.05) is 24.9 Å². The lowest BCUT2D eigenvalue weighted by molar-refractivity contribution is -0.120. The molecule has 1 amide bonds. The van der Waals surface area contributed by atoms with Crippen molar-refractivity contribution in [2.75, 3.05) is 19.2 Å². The van der Waals surface area contributed by atoms with Crippen molar-refractivity contribution in [1.82, 2.24) is 4.90 Å². The van der Waals surface area contributed by atoms with Crippen LogP contribution in [0.1, 0.15) is 18.1 Å². The number of fused-ring (bicyclic) bond motifs is 1. The Labute approximate surface area is 142 Å². The van der Waals surface area contributed by atoms with Crippen molar-refractivity contribution in [1.29, 1.82) is 0 Å². The summed E-state index contributed by atoms with van der Waals surface area (Å²) in [6.45, 7) is 4.91. The summed E-state index contributed by atoms with van der Waals surface area (Å²) in [6.07, 6.45) is 0. The standard InChI is InChI=1S/C19H22N2O3/c1-13-4-6-15(7-5-13)11-21(3)14(2)19(22)20-16-8-9-17-18(10-16)24-12-23-17/h4-10,14H,11-12H2,1-3H3,(H,20,22)/t14-/m0/s1. The minimum Gasteiger partial charge on any atom is -0.454 e. The summed E-state index contributed by atoms with van der Waals surface area (Å²) in [6, 6.07) is 13.5. The number of hydrogen-bond acceptors (Lipinski definition) is 4. The van der Waals surface area contributed by atoms with Gasteiger partial charge in [0.05, 0.1) is 6.04 Å². The van der Waals surface area contributed by atoms with Crippen molar-refractivity contribution in [3.05, 3.63) is 53.6 Å². The minimum atomic E-state index is -0.253. The van der Waals surface area contributed by atoms with Crippen molar-refractivity contribution in [3.63, 3.8) is 0 Å². The van der Waals surface area contributed by atoms with Crippen LogP contribution >= 0.6 is 0 Å². The summed E-state index contributed by atoms with van der Waals surface area (Å²) < 4.78 is 10.6. The highest BCUT2D eigenvalue weighted by molar-refractivity contribution is 5.94. The molecule has 1 aliphatic heterocycles. The van der Waals surface area contributed by atoms with E-state index in [-0.39, 0.29) is 18.7 Å². The maximum atomic E-state index is 12.5. The molecule has 3 rings (SSSR count). The molecule has 1 atom stereocenters. The Hall–Kier alpha value is -2.53. The van der Waals surface area contributed by atoms with E-state index in [2.05, 4.69) is 36.5 Å². The smallest absolute Gasteiger partial charge is 0.241 e. The van der Waals surface area contributed by atoms with E-state index in [0.29, 0.717) is 17.2 Å². The predicted octanol–water partition coefficient (Wildman–Crippen LogP) is 3.18. The fourth-order valence-corrected chi connectivity index (χ4v) is 2.54. The van der Waals surface area contributed by atoms with E-state index in [9.17, 15) is 4.79 Å². The van der Waals surface area contributed by atoms with E-state index >= 15 is 0 Å². The Morgan fingerprint density at radius 3 is 2.62 bits per heavy atom. The number of nitrogens with one attached hydrogen (secondary N) is 1. The first-order valence-corrected chi connectivity index (χ1v) is 7.99. The first kappa shape index (κ1) is 16.3. The lowest BCUT2D eigenvalue weighted by Crippen LogP contribution is -2.39. The molecule has 1 N–H and O–H groups in total. The molecule has 126 valence electrons. The molecule has 0 aliphatic carbocycles. The molecule has 0 saturated heterocycles. The van der Waals surface area contributed by atoms with Crippen LogP contribution in [0.25, 0.3) is 0 Å². The van der Waals surface area contributed by atoms with Gasteiger partial charge in [0.25, 0.3) is 0 Å². The Morgan fingerprint density at radius 2 is 1.88 bits per heavy atom. The number of anilines is 1. The van der Waals surface area contributed by atoms with Gasteiger partial charge in [-0.3, -0.25) is 9.69 Å². The Kier molecular flexibility index (Phi) is 4.71. The van der Waals surface area contributed by atoms with Crippen molar-refractivity contribution in [2.24, 2.45) is 0 Å². The molecular weight excluding hydrogens is 304 g/mol. The van der Waals surface area contributed by atoms with Gasteiger partial charge in [0.2, 0.25) is 12.7 Å². The van der Waals surface area contributed by atoms with Gasteiger partial charge < -0.3 is 14.8 Å². The molecule has 0 spiro atoms. The molecule has 0 radical (unpaired) electrons. The molecule has 0 unspecified atom stereocenters. The van der Waals surface area contributed by atoms with Crippen LogP contribution in [0.4, 0.5) is 5.69 Å². The monoisotopic (exact) mass is 326 g/mol. The maximum Gasteiger partial charge on any atom is 0.241 e. The summed E-state index contributed by atoms with van der Waals surface area (Å²) in [5, 5.41) is 2.93. The highest BCUT2D eigenvalue weighted by atomic mass is 16.7. The van der Waals surface area contributed by atoms with Gasteiger partial charge >= 0.3 is 0 Å². The number of hydrogen-bond donors (Lipinski definition) is 1. The lowest BCUT2D eigenvalue weighted by Gasteiger charge is -2.24. The number of nitrogens with zero attached hydrogens (tertiary/aromatic N) is 1. The number of aryl methyl sites for hydroxylation is 1. The van der Waals surface area contributed by atoms with Crippen molar-refractivity contribution < 1.29 is 14.3 Å². The van der Waals surface area contributed by atoms with E-state index < -0.39 is 0 Å². The third-order valence-electron chi connectivity index (χ3n) is 4.23. The number of rotatable bonds is 5. The van der Waals surface area contributed by atoms with Crippen molar-refractivity contribution in [2.45, 2.75) is 26.4 Å². The number of carbonyl (C=O) groups is 1. The van der Waals surface area contributed by atoms with Gasteiger partial charge in [0, 0.05) is 18.3 Å². The van der Waals surface area contributed by atoms with Crippen LogP contribution in [-0.4, -0.2) is 30.7 Å². The summed E-state index contributed by atoms with van der Waals surface area (Å²) in [7, 11) is 1.95. The van der Waals surface area contributed by atoms with Gasteiger partial charge in [-0.1, -0.05) is 29.8 Å². The molecule has 2 aromatic carbocycles. The second kappa shape index (κ2) is 6.93. The largest absolute Gasteiger partial charge is 0.454 e. The number of benzene rings is 2. The van der Waals surface area contributed by atoms with Crippen molar-refractivity contribution >= 4 is 11.6 Å². The van der Waals surface area contributed by atoms with Crippen LogP contribution in [0.3, 0.4) is 0 Å². The van der Waals surface area contributed by atoms with Crippen LogP contribution in [0.5, 0.6) is 11.5 Å². The van der Waals surface area contributed by atoms with Gasteiger partial charge in [0.15, 0.2) is 11.5 Å². The van der Waals surface area contributed by atoms with Crippen LogP contribution in [0, 0.1) is 6.92 Å². The van der Waals surface area contributed by atoms with Gasteiger partial charge in [-0.05, 0) is 38.6 Å². The molecule has 2 aromatic rings. The fraction of sp³-hybridized carbons (Fsp3) is 0.316. The molecule has 0 aromatic heterocycles. The molecule has 1 aliphatic rings. The van der Waals surface area contributed by atoms with Crippen LogP contribution in [-0.2, 0) is 11.3 Å². The van der Waals surface area contributed by atoms with E-state index in [1.54, 1.807) is 12.1 Å². The number of carbonyl (C=O) groups excluding carboxylic acids is 1. The van der Waals surface area contributed by atoms with Gasteiger partial charge in [-0.25, -0.2) is 0 Å². The zero-order chi connectivity index (χ0) is 17.1. The second-order valence-electron chi connectivity index (χ2n) is 6.13. The van der Waals surface area contributed by atoms with Gasteiger partial charge in [-0.2, -0.15) is 0 Å². The normalized spacial score (nSPS) is 13.8. The van der Waals surface area contributed by atoms with Crippen LogP contribution < -0.4 is 14.8 Å². The molecule has 5 heteroatoms. The highest BCUT2D eigenvalue weighted by Gasteiger charge is 2.20. The maximum absolute atomic E-state index is 12.5. The first-order valence-electron chi connectivity index (χ1n) is 7.99. The van der Waals surface area contributed by atoms with Crippen LogP contribution in [0.15, 0.2) is 42.5 Å². The number of amides is 1. The third kappa shape index (κ3) is 3.68. The lowest BCUT2D eigenvalue weighted by atomic mass is 10.1. The van der Waals surface area contributed by atoms with Crippen LogP contribution in [0.2, 0.25) is 0 Å². The zero-order valence-corrected chi connectivity index (χ0v) is 14.2. The summed E-state index contributed by atoms with van der Waals surface area (Å²) in [5.74, 6) is 1.31. The molecule has 0 fully saturated rings. The summed E-state index contributed by atoms with van der Waals surface area (Å²) >= 11 is 0. The summed E-state index contributed by atoms with van der Waals surface area (Å²) in [5.41, 5.74) is 3.13. The zero-order valence-electron chi connectivity index (χ0n) is 14.2. The van der Waals surface area contributed by atoms with E-state index in [4.69, 9.17) is 9.47 Å². The first-order chi connectivity index (χ1) is 11.5. The SMILES string of the molecule is Cc1ccc(CN(C)[C@@H](C)C(=O)Nc2ccc3c(c2)OCO3)cc1.